The second-order valence-corrected chi connectivity index (χ2v) is 5.61. The van der Waals surface area contributed by atoms with Gasteiger partial charge in [0.2, 0.25) is 0 Å². The molecule has 2 aromatic carbocycles. The van der Waals surface area contributed by atoms with E-state index in [9.17, 15) is 0 Å². The molecule has 0 heterocycles. The van der Waals surface area contributed by atoms with Crippen LogP contribution in [0.5, 0.6) is 0 Å². The van der Waals surface area contributed by atoms with E-state index in [2.05, 4.69) is 9.24 Å². The Morgan fingerprint density at radius 1 is 0.789 bits per heavy atom. The van der Waals surface area contributed by atoms with E-state index >= 15 is 0 Å². The highest BCUT2D eigenvalue weighted by Crippen LogP contribution is 2.24. The van der Waals surface area contributed by atoms with Gasteiger partial charge in [0.05, 0.1) is 13.2 Å². The predicted octanol–water partition coefficient (Wildman–Crippen LogP) is 3.97. The van der Waals surface area contributed by atoms with E-state index in [0.29, 0.717) is 13.2 Å². The summed E-state index contributed by atoms with van der Waals surface area (Å²) in [5.74, 6) is 0. The molecule has 0 radical (unpaired) electrons. The molecule has 0 spiro atoms. The molecule has 0 aliphatic heterocycles. The van der Waals surface area contributed by atoms with Crippen LogP contribution >= 0.6 is 9.24 Å². The molecule has 0 saturated carbocycles. The van der Waals surface area contributed by atoms with Crippen LogP contribution in [0.25, 0.3) is 0 Å². The van der Waals surface area contributed by atoms with E-state index in [4.69, 9.17) is 9.47 Å². The highest BCUT2D eigenvalue weighted by molar-refractivity contribution is 7.18. The largest absolute Gasteiger partial charge is 0.342 e. The zero-order valence-electron chi connectivity index (χ0n) is 11.1. The van der Waals surface area contributed by atoms with Gasteiger partial charge in [0, 0.05) is 0 Å². The van der Waals surface area contributed by atoms with Crippen LogP contribution < -0.4 is 0 Å². The summed E-state index contributed by atoms with van der Waals surface area (Å²) in [6.07, 6.45) is 0. The number of hydrogen-bond donors (Lipinski definition) is 0. The Balaban J connectivity index is 1.82. The molecule has 2 aromatic rings. The van der Waals surface area contributed by atoms with Gasteiger partial charge in [0.1, 0.15) is 0 Å². The maximum atomic E-state index is 5.78. The van der Waals surface area contributed by atoms with Crippen molar-refractivity contribution < 1.29 is 9.47 Å². The lowest BCUT2D eigenvalue weighted by atomic mass is 10.2. The zero-order chi connectivity index (χ0) is 13.6. The van der Waals surface area contributed by atoms with Gasteiger partial charge >= 0.3 is 0 Å². The molecule has 2 nitrogen and oxygen atoms in total. The van der Waals surface area contributed by atoms with E-state index in [1.165, 1.54) is 0 Å². The van der Waals surface area contributed by atoms with Crippen LogP contribution in [-0.4, -0.2) is 5.53 Å². The molecular weight excluding hydrogens is 255 g/mol. The van der Waals surface area contributed by atoms with Gasteiger partial charge in [-0.25, -0.2) is 0 Å². The molecule has 1 atom stereocenters. The molecule has 19 heavy (non-hydrogen) atoms. The summed E-state index contributed by atoms with van der Waals surface area (Å²) in [4.78, 5) is 0. The van der Waals surface area contributed by atoms with Crippen LogP contribution in [0.4, 0.5) is 0 Å². The Morgan fingerprint density at radius 2 is 1.16 bits per heavy atom. The fourth-order valence-corrected chi connectivity index (χ4v) is 1.81. The number of benzene rings is 2. The van der Waals surface area contributed by atoms with Crippen LogP contribution in [0, 0.1) is 0 Å². The number of ether oxygens (including phenoxy) is 2. The minimum absolute atomic E-state index is 0.537. The van der Waals surface area contributed by atoms with E-state index in [-0.39, 0.29) is 0 Å². The molecule has 0 N–H and O–H groups in total. The van der Waals surface area contributed by atoms with Crippen LogP contribution in [-0.2, 0) is 22.7 Å². The maximum absolute atomic E-state index is 5.78. The van der Waals surface area contributed by atoms with Crippen molar-refractivity contribution in [1.29, 1.82) is 0 Å². The first-order chi connectivity index (χ1) is 9.16. The van der Waals surface area contributed by atoms with Gasteiger partial charge in [-0.05, 0) is 18.1 Å². The van der Waals surface area contributed by atoms with Crippen LogP contribution in [0.1, 0.15) is 18.1 Å². The normalized spacial score (nSPS) is 11.5. The Labute approximate surface area is 117 Å². The fourth-order valence-electron chi connectivity index (χ4n) is 1.64. The average molecular weight is 274 g/mol. The average Bonchev–Trinajstić information content (AvgIpc) is 2.46. The molecule has 100 valence electrons. The summed E-state index contributed by atoms with van der Waals surface area (Å²) < 4.78 is 11.6. The van der Waals surface area contributed by atoms with Crippen molar-refractivity contribution >= 4 is 9.24 Å². The molecule has 0 saturated heterocycles. The van der Waals surface area contributed by atoms with Gasteiger partial charge in [-0.15, -0.1) is 0 Å². The van der Waals surface area contributed by atoms with E-state index in [1.807, 2.05) is 67.6 Å². The van der Waals surface area contributed by atoms with Gasteiger partial charge in [0.15, 0.2) is 5.53 Å². The Morgan fingerprint density at radius 3 is 1.53 bits per heavy atom. The van der Waals surface area contributed by atoms with Crippen LogP contribution in [0.2, 0.25) is 0 Å². The summed E-state index contributed by atoms with van der Waals surface area (Å²) >= 11 is 0. The van der Waals surface area contributed by atoms with E-state index < -0.39 is 5.53 Å². The summed E-state index contributed by atoms with van der Waals surface area (Å²) in [6.45, 7) is 2.98. The van der Waals surface area contributed by atoms with Gasteiger partial charge in [-0.2, -0.15) is 0 Å². The Bertz CT molecular complexity index is 437. The first kappa shape index (κ1) is 14.2. The predicted molar refractivity (Wildman–Crippen MR) is 80.6 cm³/mol. The second kappa shape index (κ2) is 6.81. The SMILES string of the molecule is CC(P)(OCc1ccccc1)OCc1ccccc1. The van der Waals surface area contributed by atoms with E-state index in [0.717, 1.165) is 11.1 Å². The quantitative estimate of drug-likeness (QED) is 0.586. The van der Waals surface area contributed by atoms with Crippen LogP contribution in [0.3, 0.4) is 0 Å². The van der Waals surface area contributed by atoms with Gasteiger partial charge in [-0.1, -0.05) is 69.9 Å². The lowest BCUT2D eigenvalue weighted by Crippen LogP contribution is -2.24. The Hall–Kier alpha value is -1.21. The molecule has 0 aliphatic carbocycles. The van der Waals surface area contributed by atoms with Crippen molar-refractivity contribution in [2.24, 2.45) is 0 Å². The van der Waals surface area contributed by atoms with Gasteiger partial charge < -0.3 is 9.47 Å². The lowest BCUT2D eigenvalue weighted by molar-refractivity contribution is -0.174. The van der Waals surface area contributed by atoms with Crippen molar-refractivity contribution in [1.82, 2.24) is 0 Å². The third-order valence-corrected chi connectivity index (χ3v) is 3.07. The van der Waals surface area contributed by atoms with Crippen LogP contribution in [0.15, 0.2) is 60.7 Å². The maximum Gasteiger partial charge on any atom is 0.178 e. The van der Waals surface area contributed by atoms with Gasteiger partial charge in [-0.3, -0.25) is 0 Å². The first-order valence-corrected chi connectivity index (χ1v) is 6.88. The third kappa shape index (κ3) is 5.12. The van der Waals surface area contributed by atoms with Crippen molar-refractivity contribution in [3.05, 3.63) is 71.8 Å². The zero-order valence-corrected chi connectivity index (χ0v) is 12.2. The minimum Gasteiger partial charge on any atom is -0.342 e. The standard InChI is InChI=1S/C16H19O2P/c1-16(19,17-12-14-8-4-2-5-9-14)18-13-15-10-6-3-7-11-15/h2-11H,12-13,19H2,1H3. The molecule has 0 aromatic heterocycles. The second-order valence-electron chi connectivity index (χ2n) is 4.56. The lowest BCUT2D eigenvalue weighted by Gasteiger charge is -2.25. The Kier molecular flexibility index (Phi) is 5.09. The topological polar surface area (TPSA) is 18.5 Å². The highest BCUT2D eigenvalue weighted by atomic mass is 31.0. The van der Waals surface area contributed by atoms with Gasteiger partial charge in [0.25, 0.3) is 0 Å². The molecule has 2 rings (SSSR count). The smallest absolute Gasteiger partial charge is 0.178 e. The molecule has 0 amide bonds. The molecule has 1 unspecified atom stereocenters. The van der Waals surface area contributed by atoms with E-state index in [1.54, 1.807) is 0 Å². The first-order valence-electron chi connectivity index (χ1n) is 6.30. The number of hydrogen-bond acceptors (Lipinski definition) is 2. The molecular formula is C16H19O2P. The molecule has 3 heteroatoms. The highest BCUT2D eigenvalue weighted by Gasteiger charge is 2.19. The third-order valence-electron chi connectivity index (χ3n) is 2.74. The summed E-state index contributed by atoms with van der Waals surface area (Å²) in [5.41, 5.74) is 1.60. The number of rotatable bonds is 6. The van der Waals surface area contributed by atoms with Crippen molar-refractivity contribution in [3.8, 4) is 0 Å². The molecule has 0 aliphatic rings. The van der Waals surface area contributed by atoms with Crippen molar-refractivity contribution in [2.75, 3.05) is 0 Å². The summed E-state index contributed by atoms with van der Waals surface area (Å²) in [7, 11) is 2.61. The monoisotopic (exact) mass is 274 g/mol. The minimum atomic E-state index is -0.675. The fraction of sp³-hybridized carbons (Fsp3) is 0.250. The van der Waals surface area contributed by atoms with Crippen molar-refractivity contribution in [3.63, 3.8) is 0 Å². The molecule has 0 bridgehead atoms. The molecule has 0 fully saturated rings. The summed E-state index contributed by atoms with van der Waals surface area (Å²) in [6, 6.07) is 20.2. The summed E-state index contributed by atoms with van der Waals surface area (Å²) in [5, 5.41) is 0. The van der Waals surface area contributed by atoms with Crippen molar-refractivity contribution in [2.45, 2.75) is 25.7 Å².